The summed E-state index contributed by atoms with van der Waals surface area (Å²) in [7, 11) is 1.57. The predicted molar refractivity (Wildman–Crippen MR) is 95.7 cm³/mol. The van der Waals surface area contributed by atoms with Crippen molar-refractivity contribution < 1.29 is 19.1 Å². The minimum atomic E-state index is -1.10. The molecule has 1 atom stereocenters. The average molecular weight is 359 g/mol. The zero-order chi connectivity index (χ0) is 18.7. The van der Waals surface area contributed by atoms with Crippen molar-refractivity contribution in [2.75, 3.05) is 13.7 Å². The maximum Gasteiger partial charge on any atom is 0.325 e. The zero-order valence-corrected chi connectivity index (χ0v) is 15.2. The van der Waals surface area contributed by atoms with Gasteiger partial charge in [-0.2, -0.15) is 0 Å². The molecule has 7 heteroatoms. The van der Waals surface area contributed by atoms with Gasteiger partial charge in [-0.3, -0.25) is 14.5 Å². The van der Waals surface area contributed by atoms with E-state index in [4.69, 9.17) is 4.74 Å². The molecule has 1 aromatic rings. The first kappa shape index (κ1) is 18.2. The van der Waals surface area contributed by atoms with Crippen molar-refractivity contribution in [2.24, 2.45) is 0 Å². The number of methoxy groups -OCH3 is 1. The standard InChI is InChI=1S/C19H25N3O4/c1-19(11-13-7-3-6-10-15(13)26-2)17(24)22(18(25)21-19)12-16(23)20-14-8-4-5-9-14/h3,6-7,10,14H,4-5,8-9,11-12H2,1-2H3,(H,20,23)(H,21,25)/t19-/m1/s1. The lowest BCUT2D eigenvalue weighted by molar-refractivity contribution is -0.134. The average Bonchev–Trinajstić information content (AvgIpc) is 3.18. The molecule has 1 aliphatic carbocycles. The van der Waals surface area contributed by atoms with Crippen LogP contribution in [0.5, 0.6) is 5.75 Å². The Morgan fingerprint density at radius 2 is 2.00 bits per heavy atom. The van der Waals surface area contributed by atoms with Gasteiger partial charge in [-0.15, -0.1) is 0 Å². The largest absolute Gasteiger partial charge is 0.496 e. The Morgan fingerprint density at radius 1 is 1.31 bits per heavy atom. The summed E-state index contributed by atoms with van der Waals surface area (Å²) in [4.78, 5) is 38.3. The third-order valence-corrected chi connectivity index (χ3v) is 5.10. The van der Waals surface area contributed by atoms with E-state index in [0.29, 0.717) is 12.2 Å². The molecule has 0 aromatic heterocycles. The van der Waals surface area contributed by atoms with Gasteiger partial charge in [-0.25, -0.2) is 4.79 Å². The smallest absolute Gasteiger partial charge is 0.325 e. The molecule has 1 saturated heterocycles. The summed E-state index contributed by atoms with van der Waals surface area (Å²) in [6.45, 7) is 1.43. The van der Waals surface area contributed by atoms with Crippen LogP contribution in [0.1, 0.15) is 38.2 Å². The summed E-state index contributed by atoms with van der Waals surface area (Å²) < 4.78 is 5.33. The van der Waals surface area contributed by atoms with E-state index in [9.17, 15) is 14.4 Å². The number of urea groups is 1. The van der Waals surface area contributed by atoms with Crippen LogP contribution in [0.15, 0.2) is 24.3 Å². The second kappa shape index (κ2) is 7.35. The Kier molecular flexibility index (Phi) is 5.15. The van der Waals surface area contributed by atoms with Gasteiger partial charge >= 0.3 is 6.03 Å². The molecule has 7 nitrogen and oxygen atoms in total. The lowest BCUT2D eigenvalue weighted by Gasteiger charge is -2.23. The minimum Gasteiger partial charge on any atom is -0.496 e. The topological polar surface area (TPSA) is 87.7 Å². The molecule has 0 bridgehead atoms. The number of carbonyl (C=O) groups excluding carboxylic acids is 3. The van der Waals surface area contributed by atoms with E-state index < -0.39 is 17.5 Å². The van der Waals surface area contributed by atoms with Gasteiger partial charge in [-0.05, 0) is 31.4 Å². The quantitative estimate of drug-likeness (QED) is 0.756. The number of benzene rings is 1. The lowest BCUT2D eigenvalue weighted by Crippen LogP contribution is -2.47. The molecule has 2 fully saturated rings. The number of nitrogens with zero attached hydrogens (tertiary/aromatic N) is 1. The van der Waals surface area contributed by atoms with Crippen LogP contribution >= 0.6 is 0 Å². The monoisotopic (exact) mass is 359 g/mol. The zero-order valence-electron chi connectivity index (χ0n) is 15.2. The highest BCUT2D eigenvalue weighted by atomic mass is 16.5. The first-order valence-corrected chi connectivity index (χ1v) is 8.98. The number of rotatable bonds is 6. The second-order valence-corrected chi connectivity index (χ2v) is 7.19. The van der Waals surface area contributed by atoms with Gasteiger partial charge in [0.05, 0.1) is 7.11 Å². The Morgan fingerprint density at radius 3 is 2.69 bits per heavy atom. The third kappa shape index (κ3) is 3.66. The van der Waals surface area contributed by atoms with Gasteiger partial charge in [0.2, 0.25) is 5.91 Å². The fourth-order valence-electron chi connectivity index (χ4n) is 3.73. The van der Waals surface area contributed by atoms with Gasteiger partial charge in [0, 0.05) is 12.5 Å². The first-order valence-electron chi connectivity index (χ1n) is 8.98. The summed E-state index contributed by atoms with van der Waals surface area (Å²) in [5.74, 6) is -0.0230. The molecule has 1 saturated carbocycles. The van der Waals surface area contributed by atoms with Crippen LogP contribution in [0.25, 0.3) is 0 Å². The number of nitrogens with one attached hydrogen (secondary N) is 2. The number of ether oxygens (including phenoxy) is 1. The van der Waals surface area contributed by atoms with Crippen molar-refractivity contribution in [1.82, 2.24) is 15.5 Å². The fraction of sp³-hybridized carbons (Fsp3) is 0.526. The van der Waals surface area contributed by atoms with Crippen LogP contribution in [0, 0.1) is 0 Å². The van der Waals surface area contributed by atoms with E-state index in [-0.39, 0.29) is 18.5 Å². The number of amides is 4. The Labute approximate surface area is 153 Å². The SMILES string of the molecule is COc1ccccc1C[C@@]1(C)NC(=O)N(CC(=O)NC2CCCC2)C1=O. The van der Waals surface area contributed by atoms with Crippen LogP contribution in [-0.4, -0.2) is 48.0 Å². The molecule has 3 rings (SSSR count). The Bertz CT molecular complexity index is 714. The van der Waals surface area contributed by atoms with Crippen LogP contribution in [0.3, 0.4) is 0 Å². The van der Waals surface area contributed by atoms with Gasteiger partial charge in [0.15, 0.2) is 0 Å². The molecule has 140 valence electrons. The van der Waals surface area contributed by atoms with E-state index in [1.165, 1.54) is 0 Å². The fourth-order valence-corrected chi connectivity index (χ4v) is 3.73. The first-order chi connectivity index (χ1) is 12.4. The molecule has 4 amide bonds. The highest BCUT2D eigenvalue weighted by Gasteiger charge is 2.48. The Hall–Kier alpha value is -2.57. The highest BCUT2D eigenvalue weighted by molar-refractivity contribution is 6.09. The normalized spacial score (nSPS) is 23.2. The van der Waals surface area contributed by atoms with Gasteiger partial charge < -0.3 is 15.4 Å². The minimum absolute atomic E-state index is 0.156. The number of hydrogen-bond donors (Lipinski definition) is 2. The molecule has 0 spiro atoms. The number of para-hydroxylation sites is 1. The molecular weight excluding hydrogens is 334 g/mol. The van der Waals surface area contributed by atoms with Crippen LogP contribution in [-0.2, 0) is 16.0 Å². The van der Waals surface area contributed by atoms with Gasteiger partial charge in [-0.1, -0.05) is 31.0 Å². The number of hydrogen-bond acceptors (Lipinski definition) is 4. The number of imide groups is 1. The van der Waals surface area contributed by atoms with E-state index in [2.05, 4.69) is 10.6 Å². The molecule has 0 radical (unpaired) electrons. The summed E-state index contributed by atoms with van der Waals surface area (Å²) in [6.07, 6.45) is 4.41. The lowest BCUT2D eigenvalue weighted by atomic mass is 9.92. The maximum atomic E-state index is 12.8. The summed E-state index contributed by atoms with van der Waals surface area (Å²) >= 11 is 0. The van der Waals surface area contributed by atoms with Crippen molar-refractivity contribution in [1.29, 1.82) is 0 Å². The summed E-state index contributed by atoms with van der Waals surface area (Å²) in [5, 5.41) is 5.64. The molecule has 26 heavy (non-hydrogen) atoms. The van der Waals surface area contributed by atoms with Crippen LogP contribution in [0.4, 0.5) is 4.79 Å². The second-order valence-electron chi connectivity index (χ2n) is 7.19. The highest BCUT2D eigenvalue weighted by Crippen LogP contribution is 2.27. The predicted octanol–water partition coefficient (Wildman–Crippen LogP) is 1.61. The van der Waals surface area contributed by atoms with Gasteiger partial charge in [0.25, 0.3) is 5.91 Å². The van der Waals surface area contributed by atoms with Crippen molar-refractivity contribution in [3.05, 3.63) is 29.8 Å². The van der Waals surface area contributed by atoms with Gasteiger partial charge in [0.1, 0.15) is 17.8 Å². The van der Waals surface area contributed by atoms with Crippen molar-refractivity contribution in [3.63, 3.8) is 0 Å². The van der Waals surface area contributed by atoms with E-state index >= 15 is 0 Å². The van der Waals surface area contributed by atoms with Crippen LogP contribution in [0.2, 0.25) is 0 Å². The maximum absolute atomic E-state index is 12.8. The summed E-state index contributed by atoms with van der Waals surface area (Å²) in [6, 6.07) is 7.00. The van der Waals surface area contributed by atoms with Crippen LogP contribution < -0.4 is 15.4 Å². The number of carbonyl (C=O) groups is 3. The molecule has 0 unspecified atom stereocenters. The van der Waals surface area contributed by atoms with Crippen molar-refractivity contribution in [3.8, 4) is 5.75 Å². The molecule has 2 aliphatic rings. The summed E-state index contributed by atoms with van der Waals surface area (Å²) in [5.41, 5.74) is -0.275. The molecule has 2 N–H and O–H groups in total. The molecule has 1 heterocycles. The van der Waals surface area contributed by atoms with E-state index in [1.54, 1.807) is 14.0 Å². The molecular formula is C19H25N3O4. The van der Waals surface area contributed by atoms with Crippen molar-refractivity contribution >= 4 is 17.8 Å². The Balaban J connectivity index is 1.68. The molecule has 1 aliphatic heterocycles. The van der Waals surface area contributed by atoms with Crippen molar-refractivity contribution in [2.45, 2.75) is 50.6 Å². The van der Waals surface area contributed by atoms with E-state index in [0.717, 1.165) is 36.1 Å². The third-order valence-electron chi connectivity index (χ3n) is 5.10. The molecule has 1 aromatic carbocycles. The van der Waals surface area contributed by atoms with E-state index in [1.807, 2.05) is 24.3 Å².